The lowest BCUT2D eigenvalue weighted by Gasteiger charge is -2.08. The first-order valence-electron chi connectivity index (χ1n) is 6.34. The van der Waals surface area contributed by atoms with Gasteiger partial charge in [0.25, 0.3) is 5.56 Å². The van der Waals surface area contributed by atoms with Gasteiger partial charge in [0.15, 0.2) is 5.65 Å². The monoisotopic (exact) mass is 274 g/mol. The normalized spacial score (nSPS) is 10.4. The Morgan fingerprint density at radius 1 is 1.55 bits per heavy atom. The Balaban J connectivity index is 2.76. The number of hydrogen-bond donors (Lipinski definition) is 1. The lowest BCUT2D eigenvalue weighted by Crippen LogP contribution is -2.25. The van der Waals surface area contributed by atoms with E-state index in [0.717, 1.165) is 4.52 Å². The fraction of sp³-hybridized carbons (Fsp3) is 0.385. The van der Waals surface area contributed by atoms with Crippen molar-refractivity contribution in [2.75, 3.05) is 6.61 Å². The Hall–Kier alpha value is -2.62. The number of nitrogens with zero attached hydrogens (tertiary/aromatic N) is 3. The molecule has 0 aliphatic rings. The highest BCUT2D eigenvalue weighted by atomic mass is 16.5. The molecule has 0 amide bonds. The van der Waals surface area contributed by atoms with Crippen LogP contribution in [0.15, 0.2) is 11.0 Å². The first-order chi connectivity index (χ1) is 9.63. The molecule has 2 aromatic heterocycles. The number of fused-ring (bicyclic) bond motifs is 1. The predicted octanol–water partition coefficient (Wildman–Crippen LogP) is 1.02. The zero-order valence-corrected chi connectivity index (χ0v) is 11.3. The number of aromatic amines is 1. The molecule has 1 N–H and O–H groups in total. The molecule has 0 unspecified atom stereocenters. The summed E-state index contributed by atoms with van der Waals surface area (Å²) in [5.41, 5.74) is 0.440. The van der Waals surface area contributed by atoms with Crippen LogP contribution in [-0.2, 0) is 11.2 Å². The van der Waals surface area contributed by atoms with Gasteiger partial charge < -0.3 is 9.72 Å². The van der Waals surface area contributed by atoms with Gasteiger partial charge in [0.2, 0.25) is 0 Å². The summed E-state index contributed by atoms with van der Waals surface area (Å²) < 4.78 is 6.05. The van der Waals surface area contributed by atoms with E-state index in [2.05, 4.69) is 10.1 Å². The van der Waals surface area contributed by atoms with Crippen LogP contribution >= 0.6 is 0 Å². The van der Waals surface area contributed by atoms with Crippen LogP contribution in [0, 0.1) is 11.3 Å². The summed E-state index contributed by atoms with van der Waals surface area (Å²) in [6, 6.07) is 1.92. The molecular weight excluding hydrogens is 260 g/mol. The molecule has 0 aromatic carbocycles. The standard InChI is InChI=1S/C13H14N4O3/c1-3-5-9-10(13(19)20-4-2)16-11-8(6-14)7-15-17(11)12(9)18/h7,16H,3-5H2,1-2H3. The second kappa shape index (κ2) is 5.57. The zero-order valence-electron chi connectivity index (χ0n) is 11.3. The number of rotatable bonds is 4. The molecular formula is C13H14N4O3. The Bertz CT molecular complexity index is 751. The molecule has 0 bridgehead atoms. The first kappa shape index (κ1) is 13.8. The van der Waals surface area contributed by atoms with Crippen LogP contribution in [0.5, 0.6) is 0 Å². The Kier molecular flexibility index (Phi) is 3.84. The predicted molar refractivity (Wildman–Crippen MR) is 70.5 cm³/mol. The molecule has 0 atom stereocenters. The van der Waals surface area contributed by atoms with Gasteiger partial charge in [0, 0.05) is 0 Å². The molecule has 0 spiro atoms. The Morgan fingerprint density at radius 2 is 2.30 bits per heavy atom. The molecule has 0 radical (unpaired) electrons. The lowest BCUT2D eigenvalue weighted by atomic mass is 10.1. The number of esters is 1. The Labute approximate surface area is 114 Å². The number of hydrogen-bond acceptors (Lipinski definition) is 5. The molecule has 2 heterocycles. The highest BCUT2D eigenvalue weighted by Crippen LogP contribution is 2.11. The van der Waals surface area contributed by atoms with Crippen molar-refractivity contribution in [3.8, 4) is 6.07 Å². The summed E-state index contributed by atoms with van der Waals surface area (Å²) in [7, 11) is 0. The fourth-order valence-corrected chi connectivity index (χ4v) is 1.99. The average molecular weight is 274 g/mol. The Morgan fingerprint density at radius 3 is 2.90 bits per heavy atom. The van der Waals surface area contributed by atoms with Crippen LogP contribution in [0.4, 0.5) is 0 Å². The minimum atomic E-state index is -0.597. The molecule has 20 heavy (non-hydrogen) atoms. The van der Waals surface area contributed by atoms with E-state index in [9.17, 15) is 9.59 Å². The summed E-state index contributed by atoms with van der Waals surface area (Å²) in [5.74, 6) is -0.597. The smallest absolute Gasteiger partial charge is 0.355 e. The van der Waals surface area contributed by atoms with Crippen molar-refractivity contribution in [1.82, 2.24) is 14.6 Å². The van der Waals surface area contributed by atoms with Crippen molar-refractivity contribution in [3.05, 3.63) is 33.4 Å². The molecule has 0 aliphatic heterocycles. The molecule has 104 valence electrons. The van der Waals surface area contributed by atoms with E-state index in [4.69, 9.17) is 10.00 Å². The maximum atomic E-state index is 12.3. The second-order valence-electron chi connectivity index (χ2n) is 4.18. The van der Waals surface area contributed by atoms with Gasteiger partial charge in [-0.2, -0.15) is 14.9 Å². The van der Waals surface area contributed by atoms with E-state index in [1.165, 1.54) is 6.20 Å². The summed E-state index contributed by atoms with van der Waals surface area (Å²) in [6.07, 6.45) is 2.42. The van der Waals surface area contributed by atoms with Crippen LogP contribution in [0.2, 0.25) is 0 Å². The minimum Gasteiger partial charge on any atom is -0.461 e. The van der Waals surface area contributed by atoms with Crippen LogP contribution in [0.25, 0.3) is 5.65 Å². The van der Waals surface area contributed by atoms with E-state index in [0.29, 0.717) is 18.4 Å². The van der Waals surface area contributed by atoms with E-state index in [1.54, 1.807) is 6.92 Å². The number of carbonyl (C=O) groups excluding carboxylic acids is 1. The largest absolute Gasteiger partial charge is 0.461 e. The minimum absolute atomic E-state index is 0.100. The highest BCUT2D eigenvalue weighted by Gasteiger charge is 2.20. The molecule has 0 saturated carbocycles. The van der Waals surface area contributed by atoms with E-state index < -0.39 is 11.5 Å². The quantitative estimate of drug-likeness (QED) is 0.839. The number of carbonyl (C=O) groups is 1. The molecule has 0 fully saturated rings. The van der Waals surface area contributed by atoms with Crippen molar-refractivity contribution in [3.63, 3.8) is 0 Å². The van der Waals surface area contributed by atoms with E-state index in [1.807, 2.05) is 13.0 Å². The van der Waals surface area contributed by atoms with Gasteiger partial charge >= 0.3 is 5.97 Å². The maximum absolute atomic E-state index is 12.3. The van der Waals surface area contributed by atoms with Crippen molar-refractivity contribution in [2.24, 2.45) is 0 Å². The van der Waals surface area contributed by atoms with Crippen molar-refractivity contribution in [1.29, 1.82) is 5.26 Å². The molecule has 0 saturated heterocycles. The van der Waals surface area contributed by atoms with E-state index in [-0.39, 0.29) is 23.5 Å². The number of ether oxygens (including phenoxy) is 1. The van der Waals surface area contributed by atoms with Gasteiger partial charge in [-0.1, -0.05) is 13.3 Å². The summed E-state index contributed by atoms with van der Waals surface area (Å²) in [6.45, 7) is 3.80. The van der Waals surface area contributed by atoms with Gasteiger partial charge in [-0.25, -0.2) is 4.79 Å². The first-order valence-corrected chi connectivity index (χ1v) is 6.34. The van der Waals surface area contributed by atoms with Gasteiger partial charge in [-0.05, 0) is 13.3 Å². The van der Waals surface area contributed by atoms with Gasteiger partial charge in [0.1, 0.15) is 17.3 Å². The van der Waals surface area contributed by atoms with Crippen LogP contribution in [0.3, 0.4) is 0 Å². The lowest BCUT2D eigenvalue weighted by molar-refractivity contribution is 0.0518. The third-order valence-corrected chi connectivity index (χ3v) is 2.86. The summed E-state index contributed by atoms with van der Waals surface area (Å²) in [5, 5.41) is 12.9. The second-order valence-corrected chi connectivity index (χ2v) is 4.18. The fourth-order valence-electron chi connectivity index (χ4n) is 1.99. The zero-order chi connectivity index (χ0) is 14.7. The molecule has 0 aliphatic carbocycles. The number of nitriles is 1. The number of aromatic nitrogens is 3. The topological polar surface area (TPSA) is 100 Å². The van der Waals surface area contributed by atoms with Crippen LogP contribution in [0.1, 0.15) is 41.9 Å². The van der Waals surface area contributed by atoms with Gasteiger partial charge in [-0.15, -0.1) is 0 Å². The van der Waals surface area contributed by atoms with Crippen molar-refractivity contribution < 1.29 is 9.53 Å². The molecule has 7 heteroatoms. The third-order valence-electron chi connectivity index (χ3n) is 2.86. The van der Waals surface area contributed by atoms with Crippen LogP contribution in [-0.4, -0.2) is 27.2 Å². The van der Waals surface area contributed by atoms with Crippen molar-refractivity contribution in [2.45, 2.75) is 26.7 Å². The number of H-pyrrole nitrogens is 1. The molecule has 2 aromatic rings. The van der Waals surface area contributed by atoms with Crippen LogP contribution < -0.4 is 5.56 Å². The van der Waals surface area contributed by atoms with Gasteiger partial charge in [0.05, 0.1) is 18.4 Å². The van der Waals surface area contributed by atoms with Gasteiger partial charge in [-0.3, -0.25) is 4.79 Å². The maximum Gasteiger partial charge on any atom is 0.355 e. The van der Waals surface area contributed by atoms with E-state index >= 15 is 0 Å². The number of nitrogens with one attached hydrogen (secondary N) is 1. The summed E-state index contributed by atoms with van der Waals surface area (Å²) >= 11 is 0. The average Bonchev–Trinajstić information content (AvgIpc) is 2.85. The molecule has 2 rings (SSSR count). The van der Waals surface area contributed by atoms with Crippen molar-refractivity contribution >= 4 is 11.6 Å². The highest BCUT2D eigenvalue weighted by molar-refractivity contribution is 5.89. The molecule has 7 nitrogen and oxygen atoms in total. The third kappa shape index (κ3) is 2.16. The summed E-state index contributed by atoms with van der Waals surface area (Å²) in [4.78, 5) is 27.1. The SMILES string of the molecule is CCCc1c(C(=O)OCC)[nH]c2c(C#N)cnn2c1=O.